The van der Waals surface area contributed by atoms with Crippen LogP contribution in [0.1, 0.15) is 26.7 Å². The molecule has 4 heteroatoms. The molecule has 1 aromatic rings. The third-order valence-electron chi connectivity index (χ3n) is 3.89. The van der Waals surface area contributed by atoms with Gasteiger partial charge in [-0.2, -0.15) is 0 Å². The Morgan fingerprint density at radius 3 is 2.50 bits per heavy atom. The van der Waals surface area contributed by atoms with Crippen molar-refractivity contribution in [2.24, 2.45) is 0 Å². The Balaban J connectivity index is 2.03. The van der Waals surface area contributed by atoms with E-state index >= 15 is 0 Å². The van der Waals surface area contributed by atoms with Crippen LogP contribution in [0.3, 0.4) is 0 Å². The highest BCUT2D eigenvalue weighted by atomic mass is 16.2. The van der Waals surface area contributed by atoms with Crippen molar-refractivity contribution in [3.8, 4) is 0 Å². The van der Waals surface area contributed by atoms with Gasteiger partial charge in [0, 0.05) is 13.1 Å². The minimum absolute atomic E-state index is 0.0698. The summed E-state index contributed by atoms with van der Waals surface area (Å²) in [6.45, 7) is 8.59. The Kier molecular flexibility index (Phi) is 5.41. The standard InChI is InChI=1S/C16H25N3O/c1-3-18(4-2)13-16(20)17-14-9-5-6-10-15(14)19-11-7-8-12-19/h5-6,9-10H,3-4,7-8,11-13H2,1-2H3,(H,17,20). The van der Waals surface area contributed by atoms with E-state index in [2.05, 4.69) is 35.0 Å². The van der Waals surface area contributed by atoms with Crippen molar-refractivity contribution < 1.29 is 4.79 Å². The van der Waals surface area contributed by atoms with E-state index in [0.29, 0.717) is 6.54 Å². The van der Waals surface area contributed by atoms with Crippen LogP contribution < -0.4 is 10.2 Å². The van der Waals surface area contributed by atoms with Crippen molar-refractivity contribution in [2.75, 3.05) is 42.9 Å². The van der Waals surface area contributed by atoms with Gasteiger partial charge in [-0.05, 0) is 38.1 Å². The van der Waals surface area contributed by atoms with E-state index in [4.69, 9.17) is 0 Å². The Morgan fingerprint density at radius 1 is 1.20 bits per heavy atom. The first-order valence-corrected chi connectivity index (χ1v) is 7.60. The van der Waals surface area contributed by atoms with Gasteiger partial charge >= 0.3 is 0 Å². The molecule has 0 radical (unpaired) electrons. The molecule has 20 heavy (non-hydrogen) atoms. The van der Waals surface area contributed by atoms with Crippen LogP contribution in [0.25, 0.3) is 0 Å². The number of rotatable bonds is 6. The molecule has 0 spiro atoms. The van der Waals surface area contributed by atoms with Crippen LogP contribution in [0.5, 0.6) is 0 Å². The quantitative estimate of drug-likeness (QED) is 0.866. The van der Waals surface area contributed by atoms with Crippen LogP contribution in [0, 0.1) is 0 Å². The third-order valence-corrected chi connectivity index (χ3v) is 3.89. The van der Waals surface area contributed by atoms with Gasteiger partial charge < -0.3 is 10.2 Å². The fourth-order valence-corrected chi connectivity index (χ4v) is 2.65. The molecule has 0 aromatic heterocycles. The van der Waals surface area contributed by atoms with Crippen LogP contribution >= 0.6 is 0 Å². The van der Waals surface area contributed by atoms with Gasteiger partial charge in [0.2, 0.25) is 5.91 Å². The molecule has 0 unspecified atom stereocenters. The van der Waals surface area contributed by atoms with Gasteiger partial charge in [-0.25, -0.2) is 0 Å². The lowest BCUT2D eigenvalue weighted by Gasteiger charge is -2.22. The van der Waals surface area contributed by atoms with E-state index in [0.717, 1.165) is 37.6 Å². The van der Waals surface area contributed by atoms with Crippen LogP contribution in [0.15, 0.2) is 24.3 Å². The number of anilines is 2. The average molecular weight is 275 g/mol. The SMILES string of the molecule is CCN(CC)CC(=O)Nc1ccccc1N1CCCC1. The lowest BCUT2D eigenvalue weighted by Crippen LogP contribution is -2.33. The molecule has 0 bridgehead atoms. The number of benzene rings is 1. The minimum Gasteiger partial charge on any atom is -0.370 e. The third kappa shape index (κ3) is 3.73. The first-order valence-electron chi connectivity index (χ1n) is 7.60. The van der Waals surface area contributed by atoms with Gasteiger partial charge in [0.25, 0.3) is 0 Å². The fraction of sp³-hybridized carbons (Fsp3) is 0.562. The maximum absolute atomic E-state index is 12.1. The summed E-state index contributed by atoms with van der Waals surface area (Å²) in [6.07, 6.45) is 2.48. The highest BCUT2D eigenvalue weighted by Crippen LogP contribution is 2.28. The summed E-state index contributed by atoms with van der Waals surface area (Å²) in [5.74, 6) is 0.0698. The number of carbonyl (C=O) groups is 1. The maximum Gasteiger partial charge on any atom is 0.238 e. The molecular weight excluding hydrogens is 250 g/mol. The molecule has 1 aliphatic rings. The molecule has 1 heterocycles. The molecule has 0 saturated carbocycles. The Bertz CT molecular complexity index is 437. The summed E-state index contributed by atoms with van der Waals surface area (Å²) in [7, 11) is 0. The lowest BCUT2D eigenvalue weighted by atomic mass is 10.2. The summed E-state index contributed by atoms with van der Waals surface area (Å²) >= 11 is 0. The molecule has 1 aliphatic heterocycles. The highest BCUT2D eigenvalue weighted by molar-refractivity contribution is 5.95. The predicted molar refractivity (Wildman–Crippen MR) is 84.3 cm³/mol. The number of para-hydroxylation sites is 2. The summed E-state index contributed by atoms with van der Waals surface area (Å²) < 4.78 is 0. The maximum atomic E-state index is 12.1. The summed E-state index contributed by atoms with van der Waals surface area (Å²) in [5, 5.41) is 3.06. The Hall–Kier alpha value is -1.55. The van der Waals surface area contributed by atoms with E-state index in [-0.39, 0.29) is 5.91 Å². The second-order valence-electron chi connectivity index (χ2n) is 5.22. The average Bonchev–Trinajstić information content (AvgIpc) is 2.99. The molecule has 1 N–H and O–H groups in total. The molecule has 1 saturated heterocycles. The molecule has 0 atom stereocenters. The topological polar surface area (TPSA) is 35.6 Å². The normalized spacial score (nSPS) is 14.8. The zero-order valence-electron chi connectivity index (χ0n) is 12.6. The largest absolute Gasteiger partial charge is 0.370 e. The van der Waals surface area contributed by atoms with Crippen LogP contribution in [0.4, 0.5) is 11.4 Å². The minimum atomic E-state index is 0.0698. The van der Waals surface area contributed by atoms with E-state index in [1.54, 1.807) is 0 Å². The van der Waals surface area contributed by atoms with Crippen molar-refractivity contribution in [2.45, 2.75) is 26.7 Å². The first kappa shape index (κ1) is 14.9. The van der Waals surface area contributed by atoms with Gasteiger partial charge in [-0.15, -0.1) is 0 Å². The summed E-state index contributed by atoms with van der Waals surface area (Å²) in [6, 6.07) is 8.10. The predicted octanol–water partition coefficient (Wildman–Crippen LogP) is 2.57. The van der Waals surface area contributed by atoms with E-state index in [9.17, 15) is 4.79 Å². The number of carbonyl (C=O) groups excluding carboxylic acids is 1. The molecule has 1 aromatic carbocycles. The number of likely N-dealkylation sites (N-methyl/N-ethyl adjacent to an activating group) is 1. The Morgan fingerprint density at radius 2 is 1.85 bits per heavy atom. The fourth-order valence-electron chi connectivity index (χ4n) is 2.65. The molecule has 0 aliphatic carbocycles. The van der Waals surface area contributed by atoms with E-state index in [1.165, 1.54) is 12.8 Å². The van der Waals surface area contributed by atoms with Gasteiger partial charge in [0.1, 0.15) is 0 Å². The van der Waals surface area contributed by atoms with Crippen LogP contribution in [-0.2, 0) is 4.79 Å². The van der Waals surface area contributed by atoms with Gasteiger partial charge in [-0.1, -0.05) is 26.0 Å². The molecule has 4 nitrogen and oxygen atoms in total. The lowest BCUT2D eigenvalue weighted by molar-refractivity contribution is -0.117. The summed E-state index contributed by atoms with van der Waals surface area (Å²) in [5.41, 5.74) is 2.09. The smallest absolute Gasteiger partial charge is 0.238 e. The van der Waals surface area contributed by atoms with Crippen molar-refractivity contribution in [1.29, 1.82) is 0 Å². The van der Waals surface area contributed by atoms with E-state index < -0.39 is 0 Å². The molecule has 2 rings (SSSR count). The monoisotopic (exact) mass is 275 g/mol. The molecule has 110 valence electrons. The first-order chi connectivity index (χ1) is 9.74. The van der Waals surface area contributed by atoms with Crippen LogP contribution in [-0.4, -0.2) is 43.5 Å². The van der Waals surface area contributed by atoms with Gasteiger partial charge in [-0.3, -0.25) is 9.69 Å². The number of amides is 1. The zero-order chi connectivity index (χ0) is 14.4. The van der Waals surface area contributed by atoms with Crippen LogP contribution in [0.2, 0.25) is 0 Å². The number of nitrogens with zero attached hydrogens (tertiary/aromatic N) is 2. The zero-order valence-corrected chi connectivity index (χ0v) is 12.6. The highest BCUT2D eigenvalue weighted by Gasteiger charge is 2.16. The van der Waals surface area contributed by atoms with E-state index in [1.807, 2.05) is 18.2 Å². The number of nitrogens with one attached hydrogen (secondary N) is 1. The Labute approximate surface area is 121 Å². The van der Waals surface area contributed by atoms with Gasteiger partial charge in [0.15, 0.2) is 0 Å². The number of hydrogen-bond acceptors (Lipinski definition) is 3. The van der Waals surface area contributed by atoms with Crippen molar-refractivity contribution in [1.82, 2.24) is 4.90 Å². The molecule has 1 amide bonds. The van der Waals surface area contributed by atoms with Crippen molar-refractivity contribution >= 4 is 17.3 Å². The second-order valence-corrected chi connectivity index (χ2v) is 5.22. The summed E-state index contributed by atoms with van der Waals surface area (Å²) in [4.78, 5) is 16.6. The second kappa shape index (κ2) is 7.29. The van der Waals surface area contributed by atoms with Crippen molar-refractivity contribution in [3.05, 3.63) is 24.3 Å². The number of hydrogen-bond donors (Lipinski definition) is 1. The molecule has 1 fully saturated rings. The van der Waals surface area contributed by atoms with Gasteiger partial charge in [0.05, 0.1) is 17.9 Å². The molecular formula is C16H25N3O. The van der Waals surface area contributed by atoms with Crippen molar-refractivity contribution in [3.63, 3.8) is 0 Å².